The molecule has 0 unspecified atom stereocenters. The SMILES string of the molecule is CC1(C)c2cc3c(cc2N(c2ccccc2)c2cc4c5ccccc5n(-c5ccc(-c6ccccc6)cc5)c4cc21)[nH]c1ccccc13. The molecule has 1 aliphatic heterocycles. The van der Waals surface area contributed by atoms with Crippen LogP contribution in [0.4, 0.5) is 17.1 Å². The molecule has 0 fully saturated rings. The number of hydrogen-bond donors (Lipinski definition) is 1. The lowest BCUT2D eigenvalue weighted by Crippen LogP contribution is -2.30. The lowest BCUT2D eigenvalue weighted by Gasteiger charge is -2.42. The second-order valence-corrected chi connectivity index (χ2v) is 13.5. The Morgan fingerprint density at radius 1 is 0.438 bits per heavy atom. The van der Waals surface area contributed by atoms with Gasteiger partial charge >= 0.3 is 0 Å². The Morgan fingerprint density at radius 3 is 1.85 bits per heavy atom. The van der Waals surface area contributed by atoms with Gasteiger partial charge in [0.25, 0.3) is 0 Å². The first-order valence-electron chi connectivity index (χ1n) is 16.7. The highest BCUT2D eigenvalue weighted by Crippen LogP contribution is 2.54. The molecular weight excluding hydrogens is 583 g/mol. The van der Waals surface area contributed by atoms with E-state index in [0.29, 0.717) is 0 Å². The van der Waals surface area contributed by atoms with E-state index >= 15 is 0 Å². The van der Waals surface area contributed by atoms with Crippen LogP contribution in [-0.2, 0) is 5.41 Å². The van der Waals surface area contributed by atoms with Gasteiger partial charge in [-0.3, -0.25) is 0 Å². The van der Waals surface area contributed by atoms with Gasteiger partial charge in [0.05, 0.1) is 22.4 Å². The third kappa shape index (κ3) is 3.82. The first kappa shape index (κ1) is 27.1. The fourth-order valence-electron chi connectivity index (χ4n) is 8.10. The van der Waals surface area contributed by atoms with Crippen molar-refractivity contribution >= 4 is 60.7 Å². The Morgan fingerprint density at radius 2 is 1.06 bits per heavy atom. The van der Waals surface area contributed by atoms with Gasteiger partial charge in [0.2, 0.25) is 0 Å². The molecule has 0 amide bonds. The van der Waals surface area contributed by atoms with Gasteiger partial charge in [-0.1, -0.05) is 111 Å². The summed E-state index contributed by atoms with van der Waals surface area (Å²) in [6, 6.07) is 57.6. The van der Waals surface area contributed by atoms with Crippen LogP contribution in [0.2, 0.25) is 0 Å². The molecule has 48 heavy (non-hydrogen) atoms. The van der Waals surface area contributed by atoms with Crippen molar-refractivity contribution in [1.29, 1.82) is 0 Å². The van der Waals surface area contributed by atoms with E-state index in [4.69, 9.17) is 0 Å². The van der Waals surface area contributed by atoms with Gasteiger partial charge in [-0.15, -0.1) is 0 Å². The molecule has 0 bridgehead atoms. The van der Waals surface area contributed by atoms with E-state index in [9.17, 15) is 0 Å². The predicted molar refractivity (Wildman–Crippen MR) is 202 cm³/mol. The first-order valence-corrected chi connectivity index (χ1v) is 16.7. The van der Waals surface area contributed by atoms with Crippen LogP contribution in [0.25, 0.3) is 60.4 Å². The molecule has 9 aromatic rings. The molecule has 7 aromatic carbocycles. The fourth-order valence-corrected chi connectivity index (χ4v) is 8.10. The molecule has 2 aromatic heterocycles. The third-order valence-corrected chi connectivity index (χ3v) is 10.5. The summed E-state index contributed by atoms with van der Waals surface area (Å²) in [5.41, 5.74) is 14.4. The normalized spacial score (nSPS) is 13.8. The largest absolute Gasteiger partial charge is 0.354 e. The molecule has 3 heteroatoms. The maximum absolute atomic E-state index is 3.71. The van der Waals surface area contributed by atoms with Gasteiger partial charge in [0.15, 0.2) is 0 Å². The topological polar surface area (TPSA) is 24.0 Å². The molecule has 0 saturated heterocycles. The smallest absolute Gasteiger partial charge is 0.0545 e. The standard InChI is InChI=1S/C45H33N3/c1-45(2)37-25-35-33-17-9-11-19-39(33)46-40(35)28-44(37)48(31-15-7-4-8-16-31)43-26-36-34-18-10-12-20-41(34)47(42(36)27-38(43)45)32-23-21-30(22-24-32)29-13-5-3-6-14-29/h3-28,46H,1-2H3. The van der Waals surface area contributed by atoms with Gasteiger partial charge in [-0.05, 0) is 82.9 Å². The summed E-state index contributed by atoms with van der Waals surface area (Å²) in [5, 5.41) is 5.04. The Kier molecular flexibility index (Phi) is 5.63. The van der Waals surface area contributed by atoms with Gasteiger partial charge in [0, 0.05) is 49.4 Å². The number of fused-ring (bicyclic) bond motifs is 8. The van der Waals surface area contributed by atoms with E-state index in [2.05, 4.69) is 186 Å². The van der Waals surface area contributed by atoms with Crippen molar-refractivity contribution < 1.29 is 0 Å². The van der Waals surface area contributed by atoms with Crippen LogP contribution in [0.15, 0.2) is 158 Å². The van der Waals surface area contributed by atoms with Crippen molar-refractivity contribution in [2.75, 3.05) is 4.90 Å². The maximum Gasteiger partial charge on any atom is 0.0545 e. The number of anilines is 3. The maximum atomic E-state index is 3.71. The second kappa shape index (κ2) is 9.97. The van der Waals surface area contributed by atoms with E-state index in [1.165, 1.54) is 71.7 Å². The Hall–Kier alpha value is -6.06. The summed E-state index contributed by atoms with van der Waals surface area (Å²) < 4.78 is 2.45. The van der Waals surface area contributed by atoms with Crippen molar-refractivity contribution in [3.63, 3.8) is 0 Å². The van der Waals surface area contributed by atoms with Crippen LogP contribution in [0.3, 0.4) is 0 Å². The summed E-state index contributed by atoms with van der Waals surface area (Å²) in [6.07, 6.45) is 0. The van der Waals surface area contributed by atoms with E-state index < -0.39 is 0 Å². The number of rotatable bonds is 3. The van der Waals surface area contributed by atoms with E-state index in [1.807, 2.05) is 0 Å². The molecule has 10 rings (SSSR count). The zero-order valence-electron chi connectivity index (χ0n) is 26.9. The monoisotopic (exact) mass is 615 g/mol. The highest BCUT2D eigenvalue weighted by atomic mass is 15.2. The Labute approximate surface area is 279 Å². The number of aromatic nitrogens is 2. The minimum Gasteiger partial charge on any atom is -0.354 e. The zero-order chi connectivity index (χ0) is 32.0. The third-order valence-electron chi connectivity index (χ3n) is 10.5. The molecule has 1 aliphatic rings. The quantitative estimate of drug-likeness (QED) is 0.210. The van der Waals surface area contributed by atoms with Gasteiger partial charge in [0.1, 0.15) is 0 Å². The van der Waals surface area contributed by atoms with E-state index in [1.54, 1.807) is 0 Å². The van der Waals surface area contributed by atoms with Crippen LogP contribution >= 0.6 is 0 Å². The number of benzene rings is 7. The summed E-state index contributed by atoms with van der Waals surface area (Å²) >= 11 is 0. The molecular formula is C45H33N3. The van der Waals surface area contributed by atoms with Crippen LogP contribution in [-0.4, -0.2) is 9.55 Å². The number of nitrogens with one attached hydrogen (secondary N) is 1. The van der Waals surface area contributed by atoms with Gasteiger partial charge in [-0.25, -0.2) is 0 Å². The van der Waals surface area contributed by atoms with Crippen molar-refractivity contribution in [2.45, 2.75) is 19.3 Å². The summed E-state index contributed by atoms with van der Waals surface area (Å²) in [4.78, 5) is 6.18. The van der Waals surface area contributed by atoms with Crippen LogP contribution in [0, 0.1) is 0 Å². The van der Waals surface area contributed by atoms with Crippen molar-refractivity contribution in [2.24, 2.45) is 0 Å². The van der Waals surface area contributed by atoms with Gasteiger partial charge in [-0.2, -0.15) is 0 Å². The number of nitrogens with zero attached hydrogens (tertiary/aromatic N) is 2. The van der Waals surface area contributed by atoms with E-state index in [0.717, 1.165) is 16.9 Å². The molecule has 0 aliphatic carbocycles. The van der Waals surface area contributed by atoms with Crippen molar-refractivity contribution in [3.8, 4) is 16.8 Å². The first-order chi connectivity index (χ1) is 23.6. The zero-order valence-corrected chi connectivity index (χ0v) is 26.9. The molecule has 1 N–H and O–H groups in total. The average Bonchev–Trinajstić information content (AvgIpc) is 3.66. The number of aromatic amines is 1. The Bertz CT molecular complexity index is 2680. The molecule has 0 atom stereocenters. The second-order valence-electron chi connectivity index (χ2n) is 13.5. The summed E-state index contributed by atoms with van der Waals surface area (Å²) in [6.45, 7) is 4.78. The molecule has 0 spiro atoms. The number of hydrogen-bond acceptors (Lipinski definition) is 1. The number of H-pyrrole nitrogens is 1. The lowest BCUT2D eigenvalue weighted by atomic mass is 9.72. The number of para-hydroxylation sites is 3. The minimum absolute atomic E-state index is 0.255. The molecule has 0 radical (unpaired) electrons. The summed E-state index contributed by atoms with van der Waals surface area (Å²) in [7, 11) is 0. The highest BCUT2D eigenvalue weighted by molar-refractivity contribution is 6.13. The van der Waals surface area contributed by atoms with Crippen LogP contribution in [0.1, 0.15) is 25.0 Å². The Balaban J connectivity index is 1.26. The summed E-state index contributed by atoms with van der Waals surface area (Å²) in [5.74, 6) is 0. The highest BCUT2D eigenvalue weighted by Gasteiger charge is 2.38. The average molecular weight is 616 g/mol. The molecule has 3 heterocycles. The van der Waals surface area contributed by atoms with Crippen LogP contribution in [0.5, 0.6) is 0 Å². The van der Waals surface area contributed by atoms with Crippen LogP contribution < -0.4 is 4.90 Å². The molecule has 3 nitrogen and oxygen atoms in total. The van der Waals surface area contributed by atoms with Crippen molar-refractivity contribution in [1.82, 2.24) is 9.55 Å². The lowest BCUT2D eigenvalue weighted by molar-refractivity contribution is 0.633. The predicted octanol–water partition coefficient (Wildman–Crippen LogP) is 12.2. The minimum atomic E-state index is -0.255. The van der Waals surface area contributed by atoms with Gasteiger partial charge < -0.3 is 14.5 Å². The molecule has 0 saturated carbocycles. The van der Waals surface area contributed by atoms with E-state index in [-0.39, 0.29) is 5.41 Å². The fraction of sp³-hybridized carbons (Fsp3) is 0.0667. The molecule has 228 valence electrons. The van der Waals surface area contributed by atoms with Crippen molar-refractivity contribution in [3.05, 3.63) is 169 Å².